The van der Waals surface area contributed by atoms with Gasteiger partial charge in [0.25, 0.3) is 5.91 Å². The van der Waals surface area contributed by atoms with Gasteiger partial charge in [-0.3, -0.25) is 4.79 Å². The highest BCUT2D eigenvalue weighted by atomic mass is 35.5. The van der Waals surface area contributed by atoms with Crippen LogP contribution in [-0.2, 0) is 17.6 Å². The van der Waals surface area contributed by atoms with E-state index < -0.39 is 0 Å². The van der Waals surface area contributed by atoms with Crippen molar-refractivity contribution in [2.24, 2.45) is 0 Å². The Kier molecular flexibility index (Phi) is 5.59. The summed E-state index contributed by atoms with van der Waals surface area (Å²) in [5, 5.41) is 3.44. The smallest absolute Gasteiger partial charge is 0.258 e. The number of nitrogens with one attached hydrogen (secondary N) is 1. The number of carbonyl (C=O) groups is 1. The van der Waals surface area contributed by atoms with Crippen LogP contribution in [0.1, 0.15) is 17.5 Å². The number of rotatable bonds is 7. The Balaban J connectivity index is 1.34. The Morgan fingerprint density at radius 1 is 1.00 bits per heavy atom. The molecule has 2 aromatic rings. The topological polar surface area (TPSA) is 47.6 Å². The molecule has 1 aliphatic carbocycles. The predicted molar refractivity (Wildman–Crippen MR) is 93.9 cm³/mol. The second-order valence-corrected chi connectivity index (χ2v) is 6.16. The molecular formula is C19H20ClNO3. The maximum absolute atomic E-state index is 11.8. The Hall–Kier alpha value is -2.20. The van der Waals surface area contributed by atoms with E-state index in [-0.39, 0.29) is 12.5 Å². The van der Waals surface area contributed by atoms with Gasteiger partial charge < -0.3 is 14.8 Å². The van der Waals surface area contributed by atoms with Crippen molar-refractivity contribution < 1.29 is 14.3 Å². The van der Waals surface area contributed by atoms with Crippen LogP contribution in [0.15, 0.2) is 42.5 Å². The number of hydrogen-bond acceptors (Lipinski definition) is 3. The molecule has 0 bridgehead atoms. The van der Waals surface area contributed by atoms with Crippen LogP contribution in [0.3, 0.4) is 0 Å². The number of fused-ring (bicyclic) bond motifs is 1. The third kappa shape index (κ3) is 4.65. The first kappa shape index (κ1) is 16.7. The first-order valence-corrected chi connectivity index (χ1v) is 8.48. The molecule has 3 rings (SSSR count). The van der Waals surface area contributed by atoms with Crippen molar-refractivity contribution in [3.63, 3.8) is 0 Å². The molecule has 0 aromatic heterocycles. The normalized spacial score (nSPS) is 12.5. The second-order valence-electron chi connectivity index (χ2n) is 5.73. The molecule has 1 aliphatic rings. The maximum atomic E-state index is 11.8. The highest BCUT2D eigenvalue weighted by Crippen LogP contribution is 2.25. The average Bonchev–Trinajstić information content (AvgIpc) is 3.06. The minimum absolute atomic E-state index is 0.0136. The molecule has 1 amide bonds. The number of halogens is 1. The second kappa shape index (κ2) is 8.06. The monoisotopic (exact) mass is 345 g/mol. The van der Waals surface area contributed by atoms with Gasteiger partial charge in [0.15, 0.2) is 6.61 Å². The molecule has 0 unspecified atom stereocenters. The van der Waals surface area contributed by atoms with Crippen LogP contribution < -0.4 is 14.8 Å². The zero-order chi connectivity index (χ0) is 16.8. The van der Waals surface area contributed by atoms with Gasteiger partial charge in [-0.05, 0) is 66.8 Å². The van der Waals surface area contributed by atoms with Crippen molar-refractivity contribution in [2.45, 2.75) is 19.3 Å². The molecule has 126 valence electrons. The van der Waals surface area contributed by atoms with Gasteiger partial charge in [0.2, 0.25) is 0 Å². The summed E-state index contributed by atoms with van der Waals surface area (Å²) in [4.78, 5) is 11.8. The van der Waals surface area contributed by atoms with E-state index in [0.717, 1.165) is 24.3 Å². The van der Waals surface area contributed by atoms with E-state index in [4.69, 9.17) is 21.1 Å². The fraction of sp³-hybridized carbons (Fsp3) is 0.316. The van der Waals surface area contributed by atoms with Gasteiger partial charge in [0, 0.05) is 5.02 Å². The van der Waals surface area contributed by atoms with E-state index in [9.17, 15) is 4.79 Å². The Bertz CT molecular complexity index is 700. The largest absolute Gasteiger partial charge is 0.492 e. The lowest BCUT2D eigenvalue weighted by Gasteiger charge is -2.10. The van der Waals surface area contributed by atoms with Gasteiger partial charge in [0.05, 0.1) is 6.54 Å². The highest BCUT2D eigenvalue weighted by Gasteiger charge is 2.11. The molecule has 5 heteroatoms. The molecule has 0 fully saturated rings. The summed E-state index contributed by atoms with van der Waals surface area (Å²) in [6, 6.07) is 13.2. The quantitative estimate of drug-likeness (QED) is 0.782. The van der Waals surface area contributed by atoms with E-state index in [1.807, 2.05) is 12.1 Å². The van der Waals surface area contributed by atoms with Crippen LogP contribution in [0.2, 0.25) is 5.02 Å². The molecule has 0 atom stereocenters. The number of amides is 1. The Labute approximate surface area is 146 Å². The van der Waals surface area contributed by atoms with Crippen LogP contribution in [0.4, 0.5) is 0 Å². The van der Waals surface area contributed by atoms with Crippen molar-refractivity contribution in [3.8, 4) is 11.5 Å². The minimum Gasteiger partial charge on any atom is -0.492 e. The number of ether oxygens (including phenoxy) is 2. The van der Waals surface area contributed by atoms with E-state index in [1.165, 1.54) is 17.5 Å². The fourth-order valence-corrected chi connectivity index (χ4v) is 2.85. The summed E-state index contributed by atoms with van der Waals surface area (Å²) in [5.74, 6) is 1.32. The number of benzene rings is 2. The van der Waals surface area contributed by atoms with Gasteiger partial charge in [-0.1, -0.05) is 17.7 Å². The molecule has 0 spiro atoms. The molecule has 4 nitrogen and oxygen atoms in total. The van der Waals surface area contributed by atoms with Gasteiger partial charge in [-0.25, -0.2) is 0 Å². The molecule has 0 saturated carbocycles. The SMILES string of the molecule is O=C(COc1ccc2c(c1)CCC2)NCCOc1ccc(Cl)cc1. The third-order valence-corrected chi connectivity index (χ3v) is 4.20. The van der Waals surface area contributed by atoms with E-state index in [0.29, 0.717) is 18.2 Å². The van der Waals surface area contributed by atoms with Crippen molar-refractivity contribution in [1.29, 1.82) is 0 Å². The van der Waals surface area contributed by atoms with Crippen LogP contribution in [-0.4, -0.2) is 25.7 Å². The third-order valence-electron chi connectivity index (χ3n) is 3.95. The molecule has 0 saturated heterocycles. The van der Waals surface area contributed by atoms with Crippen LogP contribution in [0.25, 0.3) is 0 Å². The van der Waals surface area contributed by atoms with Crippen molar-refractivity contribution in [3.05, 3.63) is 58.6 Å². The highest BCUT2D eigenvalue weighted by molar-refractivity contribution is 6.30. The summed E-state index contributed by atoms with van der Waals surface area (Å²) in [6.45, 7) is 0.834. The zero-order valence-electron chi connectivity index (χ0n) is 13.4. The van der Waals surface area contributed by atoms with Crippen molar-refractivity contribution in [1.82, 2.24) is 5.32 Å². The summed E-state index contributed by atoms with van der Waals surface area (Å²) < 4.78 is 11.1. The summed E-state index contributed by atoms with van der Waals surface area (Å²) >= 11 is 5.80. The van der Waals surface area contributed by atoms with Crippen LogP contribution >= 0.6 is 11.6 Å². The summed E-state index contributed by atoms with van der Waals surface area (Å²) in [6.07, 6.45) is 3.44. The molecule has 24 heavy (non-hydrogen) atoms. The predicted octanol–water partition coefficient (Wildman–Crippen LogP) is 3.40. The first-order chi connectivity index (χ1) is 11.7. The Morgan fingerprint density at radius 3 is 2.58 bits per heavy atom. The lowest BCUT2D eigenvalue weighted by Crippen LogP contribution is -2.32. The standard InChI is InChI=1S/C19H20ClNO3/c20-16-5-8-17(9-6-16)23-11-10-21-19(22)13-24-18-7-4-14-2-1-3-15(14)12-18/h4-9,12H,1-3,10-11,13H2,(H,21,22). The first-order valence-electron chi connectivity index (χ1n) is 8.10. The minimum atomic E-state index is -0.157. The molecule has 0 aliphatic heterocycles. The average molecular weight is 346 g/mol. The number of carbonyl (C=O) groups excluding carboxylic acids is 1. The molecule has 0 radical (unpaired) electrons. The van der Waals surface area contributed by atoms with Crippen LogP contribution in [0, 0.1) is 0 Å². The molecule has 2 aromatic carbocycles. The molecule has 0 heterocycles. The van der Waals surface area contributed by atoms with Crippen molar-refractivity contribution in [2.75, 3.05) is 19.8 Å². The van der Waals surface area contributed by atoms with Gasteiger partial charge in [0.1, 0.15) is 18.1 Å². The van der Waals surface area contributed by atoms with E-state index >= 15 is 0 Å². The van der Waals surface area contributed by atoms with Gasteiger partial charge in [-0.2, -0.15) is 0 Å². The lowest BCUT2D eigenvalue weighted by molar-refractivity contribution is -0.123. The molecule has 1 N–H and O–H groups in total. The summed E-state index contributed by atoms with van der Waals surface area (Å²) in [7, 11) is 0. The van der Waals surface area contributed by atoms with Gasteiger partial charge in [-0.15, -0.1) is 0 Å². The zero-order valence-corrected chi connectivity index (χ0v) is 14.1. The number of aryl methyl sites for hydroxylation is 2. The van der Waals surface area contributed by atoms with Crippen molar-refractivity contribution >= 4 is 17.5 Å². The van der Waals surface area contributed by atoms with E-state index in [2.05, 4.69) is 11.4 Å². The summed E-state index contributed by atoms with van der Waals surface area (Å²) in [5.41, 5.74) is 2.73. The maximum Gasteiger partial charge on any atom is 0.258 e. The van der Waals surface area contributed by atoms with Gasteiger partial charge >= 0.3 is 0 Å². The van der Waals surface area contributed by atoms with Crippen LogP contribution in [0.5, 0.6) is 11.5 Å². The van der Waals surface area contributed by atoms with E-state index in [1.54, 1.807) is 24.3 Å². The molecular weight excluding hydrogens is 326 g/mol. The fourth-order valence-electron chi connectivity index (χ4n) is 2.73. The number of hydrogen-bond donors (Lipinski definition) is 1. The lowest BCUT2D eigenvalue weighted by atomic mass is 10.1. The Morgan fingerprint density at radius 2 is 1.75 bits per heavy atom.